The van der Waals surface area contributed by atoms with Crippen LogP contribution in [0.25, 0.3) is 11.5 Å². The highest BCUT2D eigenvalue weighted by molar-refractivity contribution is 7.98. The molecule has 0 aliphatic carbocycles. The van der Waals surface area contributed by atoms with Gasteiger partial charge >= 0.3 is 6.01 Å². The summed E-state index contributed by atoms with van der Waals surface area (Å²) in [6.45, 7) is 0.751. The molecule has 0 radical (unpaired) electrons. The molecule has 0 atom stereocenters. The van der Waals surface area contributed by atoms with E-state index in [0.29, 0.717) is 25.4 Å². The van der Waals surface area contributed by atoms with E-state index >= 15 is 0 Å². The summed E-state index contributed by atoms with van der Waals surface area (Å²) >= 11 is 1.60. The molecule has 178 valence electrons. The highest BCUT2D eigenvalue weighted by Gasteiger charge is 2.28. The van der Waals surface area contributed by atoms with Crippen LogP contribution in [0.3, 0.4) is 0 Å². The molecule has 1 amide bonds. The van der Waals surface area contributed by atoms with Crippen LogP contribution < -0.4 is 5.32 Å². The Kier molecular flexibility index (Phi) is 6.42. The van der Waals surface area contributed by atoms with E-state index in [2.05, 4.69) is 15.5 Å². The Bertz CT molecular complexity index is 1480. The Morgan fingerprint density at radius 3 is 2.54 bits per heavy atom. The van der Waals surface area contributed by atoms with Gasteiger partial charge in [-0.25, -0.2) is 8.42 Å². The molecule has 0 bridgehead atoms. The van der Waals surface area contributed by atoms with Gasteiger partial charge in [0.05, 0.1) is 4.90 Å². The lowest BCUT2D eigenvalue weighted by molar-refractivity contribution is 0.102. The SMILES string of the molecule is CSc1cccc(-c2nnc(NC(=O)c3ccc(S(=O)(=O)N4CCc5ccccc5C4)cc3)o2)c1. The van der Waals surface area contributed by atoms with E-state index in [1.807, 2.05) is 54.8 Å². The standard InChI is InChI=1S/C25H22N4O4S2/c1-34-21-8-4-7-19(15-21)24-27-28-25(33-24)26-23(30)18-9-11-22(12-10-18)35(31,32)29-14-13-17-5-2-3-6-20(17)16-29/h2-12,15H,13-14,16H2,1H3,(H,26,28,30). The summed E-state index contributed by atoms with van der Waals surface area (Å²) < 4.78 is 33.3. The smallest absolute Gasteiger partial charge is 0.322 e. The molecular weight excluding hydrogens is 484 g/mol. The van der Waals surface area contributed by atoms with Gasteiger partial charge in [0, 0.05) is 29.1 Å². The van der Waals surface area contributed by atoms with Crippen molar-refractivity contribution in [2.45, 2.75) is 22.8 Å². The van der Waals surface area contributed by atoms with Crippen molar-refractivity contribution in [3.63, 3.8) is 0 Å². The van der Waals surface area contributed by atoms with Crippen LogP contribution in [0, 0.1) is 0 Å². The summed E-state index contributed by atoms with van der Waals surface area (Å²) in [5.74, 6) is -0.186. The van der Waals surface area contributed by atoms with Gasteiger partial charge in [0.25, 0.3) is 5.91 Å². The minimum absolute atomic E-state index is 0.0387. The number of hydrogen-bond donors (Lipinski definition) is 1. The Balaban J connectivity index is 1.27. The molecule has 5 rings (SSSR count). The molecule has 1 aromatic heterocycles. The van der Waals surface area contributed by atoms with Crippen molar-refractivity contribution in [1.82, 2.24) is 14.5 Å². The van der Waals surface area contributed by atoms with Gasteiger partial charge in [-0.3, -0.25) is 10.1 Å². The minimum atomic E-state index is -3.68. The van der Waals surface area contributed by atoms with Crippen molar-refractivity contribution in [2.75, 3.05) is 18.1 Å². The van der Waals surface area contributed by atoms with Crippen molar-refractivity contribution in [3.05, 3.63) is 89.5 Å². The van der Waals surface area contributed by atoms with E-state index in [-0.39, 0.29) is 16.5 Å². The lowest BCUT2D eigenvalue weighted by Crippen LogP contribution is -2.35. The highest BCUT2D eigenvalue weighted by Crippen LogP contribution is 2.26. The molecule has 0 spiro atoms. The number of amides is 1. The van der Waals surface area contributed by atoms with Gasteiger partial charge in [-0.15, -0.1) is 16.9 Å². The normalized spacial score (nSPS) is 13.9. The van der Waals surface area contributed by atoms with Gasteiger partial charge in [0.1, 0.15) is 0 Å². The molecule has 4 aromatic rings. The van der Waals surface area contributed by atoms with Crippen LogP contribution in [0.5, 0.6) is 0 Å². The molecule has 0 fully saturated rings. The first-order valence-corrected chi connectivity index (χ1v) is 13.6. The third-order valence-electron chi connectivity index (χ3n) is 5.81. The fraction of sp³-hybridized carbons (Fsp3) is 0.160. The van der Waals surface area contributed by atoms with Crippen molar-refractivity contribution in [2.24, 2.45) is 0 Å². The van der Waals surface area contributed by atoms with Crippen LogP contribution in [-0.2, 0) is 23.0 Å². The lowest BCUT2D eigenvalue weighted by Gasteiger charge is -2.28. The summed E-state index contributed by atoms with van der Waals surface area (Å²) in [7, 11) is -3.68. The number of thioether (sulfide) groups is 1. The Labute approximate surface area is 207 Å². The summed E-state index contributed by atoms with van der Waals surface area (Å²) in [6.07, 6.45) is 2.64. The number of benzene rings is 3. The van der Waals surface area contributed by atoms with Gasteiger partial charge < -0.3 is 4.42 Å². The predicted octanol–water partition coefficient (Wildman–Crippen LogP) is 4.46. The van der Waals surface area contributed by atoms with Crippen LogP contribution in [0.1, 0.15) is 21.5 Å². The third kappa shape index (κ3) is 4.86. The molecule has 0 saturated carbocycles. The summed E-state index contributed by atoms with van der Waals surface area (Å²) in [4.78, 5) is 13.9. The molecule has 1 aliphatic heterocycles. The maximum Gasteiger partial charge on any atom is 0.322 e. The largest absolute Gasteiger partial charge is 0.403 e. The minimum Gasteiger partial charge on any atom is -0.403 e. The van der Waals surface area contributed by atoms with Crippen LogP contribution in [0.15, 0.2) is 87.0 Å². The van der Waals surface area contributed by atoms with Crippen LogP contribution in [0.4, 0.5) is 6.01 Å². The topological polar surface area (TPSA) is 105 Å². The second-order valence-corrected chi connectivity index (χ2v) is 10.8. The zero-order chi connectivity index (χ0) is 24.4. The molecule has 0 saturated heterocycles. The number of aromatic nitrogens is 2. The number of nitrogens with one attached hydrogen (secondary N) is 1. The van der Waals surface area contributed by atoms with E-state index in [9.17, 15) is 13.2 Å². The number of fused-ring (bicyclic) bond motifs is 1. The molecular formula is C25H22N4O4S2. The van der Waals surface area contributed by atoms with Crippen molar-refractivity contribution >= 4 is 33.7 Å². The van der Waals surface area contributed by atoms with Gasteiger partial charge in [-0.1, -0.05) is 35.4 Å². The van der Waals surface area contributed by atoms with E-state index in [1.165, 1.54) is 34.1 Å². The molecule has 1 aliphatic rings. The molecule has 2 heterocycles. The molecule has 8 nitrogen and oxygen atoms in total. The van der Waals surface area contributed by atoms with E-state index in [0.717, 1.165) is 16.0 Å². The number of hydrogen-bond acceptors (Lipinski definition) is 7. The van der Waals surface area contributed by atoms with Crippen LogP contribution in [-0.4, -0.2) is 41.6 Å². The second kappa shape index (κ2) is 9.65. The first kappa shape index (κ1) is 23.3. The van der Waals surface area contributed by atoms with Gasteiger partial charge in [-0.2, -0.15) is 4.31 Å². The molecule has 3 aromatic carbocycles. The summed E-state index contributed by atoms with van der Waals surface area (Å²) in [5.41, 5.74) is 3.21. The summed E-state index contributed by atoms with van der Waals surface area (Å²) in [6, 6.07) is 21.3. The quantitative estimate of drug-likeness (QED) is 0.385. The molecule has 35 heavy (non-hydrogen) atoms. The summed E-state index contributed by atoms with van der Waals surface area (Å²) in [5, 5.41) is 10.5. The zero-order valence-electron chi connectivity index (χ0n) is 18.8. The maximum absolute atomic E-state index is 13.1. The first-order valence-electron chi connectivity index (χ1n) is 10.9. The second-order valence-electron chi connectivity index (χ2n) is 7.98. The maximum atomic E-state index is 13.1. The number of carbonyl (C=O) groups is 1. The fourth-order valence-corrected chi connectivity index (χ4v) is 5.80. The number of rotatable bonds is 6. The Morgan fingerprint density at radius 2 is 1.77 bits per heavy atom. The van der Waals surface area contributed by atoms with Crippen LogP contribution in [0.2, 0.25) is 0 Å². The van der Waals surface area contributed by atoms with Gasteiger partial charge in [0.15, 0.2) is 0 Å². The number of sulfonamides is 1. The number of carbonyl (C=O) groups excluding carboxylic acids is 1. The van der Waals surface area contributed by atoms with Crippen molar-refractivity contribution in [3.8, 4) is 11.5 Å². The monoisotopic (exact) mass is 506 g/mol. The zero-order valence-corrected chi connectivity index (χ0v) is 20.5. The van der Waals surface area contributed by atoms with Gasteiger partial charge in [-0.05, 0) is 66.3 Å². The van der Waals surface area contributed by atoms with Crippen LogP contribution >= 0.6 is 11.8 Å². The Morgan fingerprint density at radius 1 is 1.00 bits per heavy atom. The third-order valence-corrected chi connectivity index (χ3v) is 8.40. The van der Waals surface area contributed by atoms with Gasteiger partial charge in [0.2, 0.25) is 15.9 Å². The average Bonchev–Trinajstić information content (AvgIpc) is 3.37. The van der Waals surface area contributed by atoms with E-state index in [4.69, 9.17) is 4.42 Å². The van der Waals surface area contributed by atoms with E-state index < -0.39 is 15.9 Å². The fourth-order valence-electron chi connectivity index (χ4n) is 3.92. The molecule has 0 unspecified atom stereocenters. The predicted molar refractivity (Wildman–Crippen MR) is 134 cm³/mol. The number of anilines is 1. The highest BCUT2D eigenvalue weighted by atomic mass is 32.2. The number of nitrogens with zero attached hydrogens (tertiary/aromatic N) is 3. The van der Waals surface area contributed by atoms with Crippen molar-refractivity contribution < 1.29 is 17.6 Å². The lowest BCUT2D eigenvalue weighted by atomic mass is 10.0. The average molecular weight is 507 g/mol. The van der Waals surface area contributed by atoms with Crippen molar-refractivity contribution in [1.29, 1.82) is 0 Å². The Hall–Kier alpha value is -3.47. The van der Waals surface area contributed by atoms with E-state index in [1.54, 1.807) is 11.8 Å². The molecule has 10 heteroatoms. The first-order chi connectivity index (χ1) is 16.9. The molecule has 1 N–H and O–H groups in total.